The predicted octanol–water partition coefficient (Wildman–Crippen LogP) is 9.26. The molecule has 0 saturated heterocycles. The molecule has 0 saturated carbocycles. The molecule has 0 bridgehead atoms. The number of esters is 3. The van der Waals surface area contributed by atoms with Crippen LogP contribution in [0.15, 0.2) is 0 Å². The quantitative estimate of drug-likeness (QED) is 0.0372. The first-order chi connectivity index (χ1) is 25.7. The fraction of sp³-hybridized carbons (Fsp3) is 0.907. The number of methoxy groups -OCH3 is 1. The summed E-state index contributed by atoms with van der Waals surface area (Å²) in [4.78, 5) is 45.7. The van der Waals surface area contributed by atoms with Crippen molar-refractivity contribution < 1.29 is 38.1 Å². The lowest BCUT2D eigenvalue weighted by Gasteiger charge is -2.21. The number of ether oxygens (including phenoxy) is 4. The van der Waals surface area contributed by atoms with Gasteiger partial charge in [-0.1, -0.05) is 132 Å². The summed E-state index contributed by atoms with van der Waals surface area (Å²) >= 11 is 0. The van der Waals surface area contributed by atoms with Crippen molar-refractivity contribution in [3.05, 3.63) is 0 Å². The number of hydrogen-bond acceptors (Lipinski definition) is 10. The lowest BCUT2D eigenvalue weighted by molar-refractivity contribution is -0.154. The zero-order chi connectivity index (χ0) is 40.5. The van der Waals surface area contributed by atoms with Crippen molar-refractivity contribution in [2.75, 3.05) is 53.2 Å². The van der Waals surface area contributed by atoms with E-state index in [-0.39, 0.29) is 18.4 Å². The molecule has 0 amide bonds. The van der Waals surface area contributed by atoms with Gasteiger partial charge in [0.2, 0.25) is 0 Å². The highest BCUT2D eigenvalue weighted by Crippen LogP contribution is 2.16. The normalized spacial score (nSPS) is 13.6. The van der Waals surface area contributed by atoms with Crippen molar-refractivity contribution in [2.24, 2.45) is 23.7 Å². The molecule has 316 valence electrons. The van der Waals surface area contributed by atoms with Gasteiger partial charge in [0, 0.05) is 33.4 Å². The summed E-state index contributed by atoms with van der Waals surface area (Å²) in [6.07, 6.45) is 18.4. The lowest BCUT2D eigenvalue weighted by atomic mass is 10.0. The first-order valence-electron chi connectivity index (χ1n) is 21.4. The van der Waals surface area contributed by atoms with Crippen LogP contribution in [0.4, 0.5) is 0 Å². The molecule has 10 nitrogen and oxygen atoms in total. The van der Waals surface area contributed by atoms with E-state index in [2.05, 4.69) is 66.0 Å². The van der Waals surface area contributed by atoms with E-state index in [1.54, 1.807) is 7.11 Å². The SMILES string of the molecule is C=O.CCCCC(CC)COC.CCCCC(CC)COC(=O)CCNCCNC(CC(=O)OCC(CC)CCCC)C(=O)OCC(CC)CCCC. The smallest absolute Gasteiger partial charge is 0.323 e. The van der Waals surface area contributed by atoms with Crippen molar-refractivity contribution >= 4 is 24.7 Å². The Morgan fingerprint density at radius 2 is 0.925 bits per heavy atom. The van der Waals surface area contributed by atoms with E-state index in [0.717, 1.165) is 89.6 Å². The van der Waals surface area contributed by atoms with Gasteiger partial charge in [-0.25, -0.2) is 0 Å². The molecular formula is C43H86N2O8. The molecular weight excluding hydrogens is 672 g/mol. The average molecular weight is 759 g/mol. The van der Waals surface area contributed by atoms with Gasteiger partial charge in [-0.15, -0.1) is 0 Å². The number of rotatable bonds is 34. The second-order valence-electron chi connectivity index (χ2n) is 14.3. The van der Waals surface area contributed by atoms with Crippen molar-refractivity contribution in [3.63, 3.8) is 0 Å². The van der Waals surface area contributed by atoms with Crippen molar-refractivity contribution in [2.45, 2.75) is 177 Å². The van der Waals surface area contributed by atoms with Gasteiger partial charge < -0.3 is 34.4 Å². The molecule has 0 aromatic rings. The zero-order valence-electron chi connectivity index (χ0n) is 36.0. The van der Waals surface area contributed by atoms with Crippen LogP contribution < -0.4 is 10.6 Å². The molecule has 10 heteroatoms. The third kappa shape index (κ3) is 35.4. The molecule has 0 aliphatic carbocycles. The van der Waals surface area contributed by atoms with Crippen LogP contribution in [0.3, 0.4) is 0 Å². The third-order valence-corrected chi connectivity index (χ3v) is 9.85. The highest BCUT2D eigenvalue weighted by Gasteiger charge is 2.25. The second kappa shape index (κ2) is 42.7. The van der Waals surface area contributed by atoms with E-state index in [4.69, 9.17) is 23.7 Å². The van der Waals surface area contributed by atoms with Gasteiger partial charge in [-0.05, 0) is 49.4 Å². The Balaban J connectivity index is -0.00000178. The Hall–Kier alpha value is -2.04. The van der Waals surface area contributed by atoms with Gasteiger partial charge >= 0.3 is 17.9 Å². The van der Waals surface area contributed by atoms with Crippen molar-refractivity contribution in [1.29, 1.82) is 0 Å². The van der Waals surface area contributed by atoms with Crippen LogP contribution in [0, 0.1) is 23.7 Å². The molecule has 0 fully saturated rings. The van der Waals surface area contributed by atoms with E-state index >= 15 is 0 Å². The number of nitrogens with one attached hydrogen (secondary N) is 2. The molecule has 53 heavy (non-hydrogen) atoms. The highest BCUT2D eigenvalue weighted by molar-refractivity contribution is 5.82. The second-order valence-corrected chi connectivity index (χ2v) is 14.3. The van der Waals surface area contributed by atoms with E-state index in [1.807, 2.05) is 6.79 Å². The third-order valence-electron chi connectivity index (χ3n) is 9.85. The minimum absolute atomic E-state index is 0.0578. The van der Waals surface area contributed by atoms with Crippen molar-refractivity contribution in [1.82, 2.24) is 10.6 Å². The van der Waals surface area contributed by atoms with Gasteiger partial charge in [0.15, 0.2) is 0 Å². The van der Waals surface area contributed by atoms with Crippen LogP contribution in [0.5, 0.6) is 0 Å². The maximum atomic E-state index is 13.0. The first kappa shape index (κ1) is 55.3. The summed E-state index contributed by atoms with van der Waals surface area (Å²) in [5, 5.41) is 6.39. The highest BCUT2D eigenvalue weighted by atomic mass is 16.5. The summed E-state index contributed by atoms with van der Waals surface area (Å²) in [6.45, 7) is 23.0. The Labute approximate surface area is 326 Å². The van der Waals surface area contributed by atoms with Crippen LogP contribution in [0.25, 0.3) is 0 Å². The minimum atomic E-state index is -0.761. The van der Waals surface area contributed by atoms with Gasteiger partial charge in [-0.3, -0.25) is 14.4 Å². The lowest BCUT2D eigenvalue weighted by Crippen LogP contribution is -2.43. The van der Waals surface area contributed by atoms with Crippen LogP contribution >= 0.6 is 0 Å². The molecule has 0 aliphatic rings. The van der Waals surface area contributed by atoms with E-state index < -0.39 is 12.0 Å². The first-order valence-corrected chi connectivity index (χ1v) is 21.4. The fourth-order valence-electron chi connectivity index (χ4n) is 5.74. The van der Waals surface area contributed by atoms with E-state index in [9.17, 15) is 14.4 Å². The number of unbranched alkanes of at least 4 members (excludes halogenated alkanes) is 4. The Kier molecular flexibility index (Phi) is 44.6. The van der Waals surface area contributed by atoms with E-state index in [1.165, 1.54) is 25.7 Å². The molecule has 0 radical (unpaired) electrons. The molecule has 5 atom stereocenters. The van der Waals surface area contributed by atoms with E-state index in [0.29, 0.717) is 63.6 Å². The maximum absolute atomic E-state index is 13.0. The average Bonchev–Trinajstić information content (AvgIpc) is 3.18. The van der Waals surface area contributed by atoms with Gasteiger partial charge in [-0.2, -0.15) is 0 Å². The monoisotopic (exact) mass is 759 g/mol. The summed E-state index contributed by atoms with van der Waals surface area (Å²) in [7, 11) is 1.79. The Morgan fingerprint density at radius 3 is 1.32 bits per heavy atom. The van der Waals surface area contributed by atoms with Crippen LogP contribution in [0.2, 0.25) is 0 Å². The molecule has 5 unspecified atom stereocenters. The molecule has 0 heterocycles. The van der Waals surface area contributed by atoms with Crippen LogP contribution in [0.1, 0.15) is 171 Å². The van der Waals surface area contributed by atoms with Crippen LogP contribution in [-0.2, 0) is 38.1 Å². The van der Waals surface area contributed by atoms with Gasteiger partial charge in [0.05, 0.1) is 32.7 Å². The van der Waals surface area contributed by atoms with Gasteiger partial charge in [0.1, 0.15) is 12.8 Å². The Bertz CT molecular complexity index is 815. The standard InChI is InChI=1S/C33H64N2O6.C9H20O.CH2O/c1-7-13-16-27(10-4)24-39-31(36)19-20-34-21-22-35-30(33(38)41-26-29(12-6)18-15-9-3)23-32(37)40-25-28(11-5)17-14-8-2;1-4-6-7-9(5-2)8-10-3;1-2/h27-30,34-35H,7-26H2,1-6H3;9H,4-8H2,1-3H3;1H2. The summed E-state index contributed by atoms with van der Waals surface area (Å²) in [5.74, 6) is 0.923. The summed E-state index contributed by atoms with van der Waals surface area (Å²) in [5.41, 5.74) is 0. The van der Waals surface area contributed by atoms with Crippen molar-refractivity contribution in [3.8, 4) is 0 Å². The summed E-state index contributed by atoms with van der Waals surface area (Å²) in [6, 6.07) is -0.761. The zero-order valence-corrected chi connectivity index (χ0v) is 36.0. The molecule has 0 aromatic heterocycles. The number of hydrogen-bond donors (Lipinski definition) is 2. The maximum Gasteiger partial charge on any atom is 0.323 e. The fourth-order valence-corrected chi connectivity index (χ4v) is 5.74. The summed E-state index contributed by atoms with van der Waals surface area (Å²) < 4.78 is 21.8. The minimum Gasteiger partial charge on any atom is -0.465 e. The molecule has 0 rings (SSSR count). The topological polar surface area (TPSA) is 129 Å². The molecule has 2 N–H and O–H groups in total. The number of carbonyl (C=O) groups excluding carboxylic acids is 4. The largest absolute Gasteiger partial charge is 0.465 e. The molecule has 0 aromatic carbocycles. The molecule has 0 spiro atoms. The Morgan fingerprint density at radius 1 is 0.528 bits per heavy atom. The van der Waals surface area contributed by atoms with Gasteiger partial charge in [0.25, 0.3) is 0 Å². The molecule has 0 aliphatic heterocycles. The van der Waals surface area contributed by atoms with Crippen LogP contribution in [-0.4, -0.2) is 83.9 Å². The number of carbonyl (C=O) groups is 4. The predicted molar refractivity (Wildman–Crippen MR) is 219 cm³/mol.